The molecule has 1 aliphatic heterocycles. The molecule has 1 aliphatic rings. The molecule has 0 unspecified atom stereocenters. The van der Waals surface area contributed by atoms with Gasteiger partial charge in [0, 0.05) is 5.75 Å². The van der Waals surface area contributed by atoms with Gasteiger partial charge in [-0.3, -0.25) is 0 Å². The van der Waals surface area contributed by atoms with Crippen molar-refractivity contribution in [3.63, 3.8) is 0 Å². The lowest BCUT2D eigenvalue weighted by atomic mass is 10.1. The highest BCUT2D eigenvalue weighted by Crippen LogP contribution is 2.33. The summed E-state index contributed by atoms with van der Waals surface area (Å²) < 4.78 is 21.4. The van der Waals surface area contributed by atoms with Crippen molar-refractivity contribution < 1.29 is 33.3 Å². The number of carbonyl (C=O) groups excluding carboxylic acids is 3. The summed E-state index contributed by atoms with van der Waals surface area (Å²) in [5.41, 5.74) is 2.85. The van der Waals surface area contributed by atoms with E-state index in [9.17, 15) is 14.4 Å². The molecule has 0 radical (unpaired) electrons. The van der Waals surface area contributed by atoms with Crippen molar-refractivity contribution in [1.82, 2.24) is 0 Å². The van der Waals surface area contributed by atoms with Gasteiger partial charge in [-0.15, -0.1) is 11.8 Å². The Morgan fingerprint density at radius 3 is 2.06 bits per heavy atom. The second-order valence-electron chi connectivity index (χ2n) is 7.58. The highest BCUT2D eigenvalue weighted by molar-refractivity contribution is 8.00. The third-order valence-electron chi connectivity index (χ3n) is 4.97. The molecule has 0 saturated carbocycles. The summed E-state index contributed by atoms with van der Waals surface area (Å²) in [4.78, 5) is 37.1. The van der Waals surface area contributed by atoms with Gasteiger partial charge in [-0.2, -0.15) is 0 Å². The van der Waals surface area contributed by atoms with Gasteiger partial charge in [-0.25, -0.2) is 14.4 Å². The Bertz CT molecular complexity index is 985. The molecular formula is C25H26O7S. The van der Waals surface area contributed by atoms with E-state index in [0.717, 1.165) is 11.1 Å². The molecule has 8 heteroatoms. The molecule has 3 rings (SSSR count). The van der Waals surface area contributed by atoms with Gasteiger partial charge in [0.2, 0.25) is 0 Å². The molecule has 174 valence electrons. The summed E-state index contributed by atoms with van der Waals surface area (Å²) in [5.74, 6) is -0.665. The van der Waals surface area contributed by atoms with E-state index >= 15 is 0 Å². The molecule has 2 aromatic carbocycles. The molecule has 0 aliphatic carbocycles. The Morgan fingerprint density at radius 1 is 0.909 bits per heavy atom. The fourth-order valence-electron chi connectivity index (χ4n) is 3.14. The van der Waals surface area contributed by atoms with E-state index in [-0.39, 0.29) is 13.2 Å². The van der Waals surface area contributed by atoms with E-state index in [4.69, 9.17) is 18.9 Å². The number of rotatable bonds is 8. The van der Waals surface area contributed by atoms with Crippen LogP contribution in [0.15, 0.2) is 61.2 Å². The monoisotopic (exact) mass is 470 g/mol. The standard InChI is InChI=1S/C25H26O7S/c1-4-13-29-25(28)31-20-15-33-21(14-30-23(26)18-9-5-16(2)6-10-18)22(20)32-24(27)19-11-7-17(3)8-12-19/h4-12,20-22H,1,13-15H2,2-3H3/t20-,21-,22-/m1/s1. The van der Waals surface area contributed by atoms with Crippen LogP contribution in [0.5, 0.6) is 0 Å². The number of esters is 2. The molecule has 0 bridgehead atoms. The predicted octanol–water partition coefficient (Wildman–Crippen LogP) is 4.51. The first-order valence-corrected chi connectivity index (χ1v) is 11.5. The highest BCUT2D eigenvalue weighted by atomic mass is 32.2. The van der Waals surface area contributed by atoms with Gasteiger partial charge >= 0.3 is 18.1 Å². The zero-order valence-electron chi connectivity index (χ0n) is 18.5. The Hall–Kier alpha value is -3.26. The van der Waals surface area contributed by atoms with Crippen LogP contribution in [0.1, 0.15) is 31.8 Å². The van der Waals surface area contributed by atoms with E-state index in [0.29, 0.717) is 16.9 Å². The van der Waals surface area contributed by atoms with Crippen molar-refractivity contribution in [2.75, 3.05) is 19.0 Å². The van der Waals surface area contributed by atoms with E-state index in [1.165, 1.54) is 17.8 Å². The van der Waals surface area contributed by atoms with E-state index in [1.807, 2.05) is 38.1 Å². The zero-order valence-corrected chi connectivity index (χ0v) is 19.3. The SMILES string of the molecule is C=CCOC(=O)O[C@@H]1CS[C@H](COC(=O)c2ccc(C)cc2)[C@@H]1OC(=O)c1ccc(C)cc1. The van der Waals surface area contributed by atoms with Crippen LogP contribution in [0.4, 0.5) is 4.79 Å². The summed E-state index contributed by atoms with van der Waals surface area (Å²) in [6.45, 7) is 7.33. The average Bonchev–Trinajstić information content (AvgIpc) is 3.17. The quantitative estimate of drug-likeness (QED) is 0.316. The van der Waals surface area contributed by atoms with Gasteiger partial charge in [0.25, 0.3) is 0 Å². The number of benzene rings is 2. The van der Waals surface area contributed by atoms with Crippen LogP contribution in [0.2, 0.25) is 0 Å². The van der Waals surface area contributed by atoms with Gasteiger partial charge in [0.1, 0.15) is 13.2 Å². The lowest BCUT2D eigenvalue weighted by Gasteiger charge is -2.24. The van der Waals surface area contributed by atoms with Crippen LogP contribution in [0.3, 0.4) is 0 Å². The topological polar surface area (TPSA) is 88.1 Å². The summed E-state index contributed by atoms with van der Waals surface area (Å²) in [5, 5.41) is -0.411. The van der Waals surface area contributed by atoms with Crippen molar-refractivity contribution in [2.24, 2.45) is 0 Å². The molecule has 0 amide bonds. The first kappa shape index (κ1) is 24.4. The summed E-state index contributed by atoms with van der Waals surface area (Å²) in [6, 6.07) is 14.0. The molecule has 33 heavy (non-hydrogen) atoms. The number of aryl methyl sites for hydroxylation is 2. The molecule has 1 saturated heterocycles. The lowest BCUT2D eigenvalue weighted by molar-refractivity contribution is -0.0366. The molecule has 0 N–H and O–H groups in total. The summed E-state index contributed by atoms with van der Waals surface area (Å²) in [7, 11) is 0. The first-order chi connectivity index (χ1) is 15.9. The smallest absolute Gasteiger partial charge is 0.461 e. The second kappa shape index (κ2) is 11.6. The van der Waals surface area contributed by atoms with Crippen molar-refractivity contribution in [3.05, 3.63) is 83.4 Å². The largest absolute Gasteiger partial charge is 0.509 e. The molecular weight excluding hydrogens is 444 g/mol. The van der Waals surface area contributed by atoms with E-state index < -0.39 is 35.6 Å². The third-order valence-corrected chi connectivity index (χ3v) is 6.32. The molecule has 2 aromatic rings. The minimum atomic E-state index is -0.880. The molecule has 0 spiro atoms. The number of carbonyl (C=O) groups is 3. The first-order valence-electron chi connectivity index (χ1n) is 10.4. The maximum atomic E-state index is 12.7. The van der Waals surface area contributed by atoms with Gasteiger partial charge in [-0.1, -0.05) is 48.0 Å². The normalized spacial score (nSPS) is 19.4. The molecule has 0 aromatic heterocycles. The van der Waals surface area contributed by atoms with Crippen molar-refractivity contribution in [1.29, 1.82) is 0 Å². The number of hydrogen-bond donors (Lipinski definition) is 0. The Kier molecular flexibility index (Phi) is 8.54. The van der Waals surface area contributed by atoms with Crippen LogP contribution >= 0.6 is 11.8 Å². The average molecular weight is 471 g/mol. The van der Waals surface area contributed by atoms with Crippen LogP contribution in [-0.4, -0.2) is 54.5 Å². The van der Waals surface area contributed by atoms with Gasteiger partial charge in [-0.05, 0) is 38.1 Å². The van der Waals surface area contributed by atoms with E-state index in [2.05, 4.69) is 6.58 Å². The summed E-state index contributed by atoms with van der Waals surface area (Å²) >= 11 is 1.40. The Balaban J connectivity index is 1.68. The fraction of sp³-hybridized carbons (Fsp3) is 0.320. The number of thioether (sulfide) groups is 1. The second-order valence-corrected chi connectivity index (χ2v) is 8.85. The van der Waals surface area contributed by atoms with Crippen LogP contribution in [-0.2, 0) is 18.9 Å². The van der Waals surface area contributed by atoms with Crippen molar-refractivity contribution in [2.45, 2.75) is 31.3 Å². The van der Waals surface area contributed by atoms with Crippen LogP contribution in [0.25, 0.3) is 0 Å². The molecule has 7 nitrogen and oxygen atoms in total. The fourth-order valence-corrected chi connectivity index (χ4v) is 4.42. The Labute approximate surface area is 197 Å². The number of ether oxygens (including phenoxy) is 4. The minimum absolute atomic E-state index is 0.00408. The highest BCUT2D eigenvalue weighted by Gasteiger charge is 2.43. The predicted molar refractivity (Wildman–Crippen MR) is 125 cm³/mol. The molecule has 3 atom stereocenters. The summed E-state index contributed by atoms with van der Waals surface area (Å²) in [6.07, 6.45) is -1.02. The Morgan fingerprint density at radius 2 is 1.48 bits per heavy atom. The third kappa shape index (κ3) is 6.86. The minimum Gasteiger partial charge on any atom is -0.461 e. The van der Waals surface area contributed by atoms with Crippen LogP contribution < -0.4 is 0 Å². The van der Waals surface area contributed by atoms with Gasteiger partial charge in [0.05, 0.1) is 16.4 Å². The van der Waals surface area contributed by atoms with Crippen molar-refractivity contribution in [3.8, 4) is 0 Å². The maximum absolute atomic E-state index is 12.7. The molecule has 1 fully saturated rings. The zero-order chi connectivity index (χ0) is 23.8. The van der Waals surface area contributed by atoms with E-state index in [1.54, 1.807) is 24.3 Å². The van der Waals surface area contributed by atoms with Gasteiger partial charge < -0.3 is 18.9 Å². The maximum Gasteiger partial charge on any atom is 0.509 e. The number of hydrogen-bond acceptors (Lipinski definition) is 8. The van der Waals surface area contributed by atoms with Crippen LogP contribution in [0, 0.1) is 13.8 Å². The van der Waals surface area contributed by atoms with Gasteiger partial charge in [0.15, 0.2) is 12.2 Å². The molecule has 1 heterocycles. The lowest BCUT2D eigenvalue weighted by Crippen LogP contribution is -2.40. The van der Waals surface area contributed by atoms with Crippen molar-refractivity contribution >= 4 is 29.9 Å².